The second-order valence-electron chi connectivity index (χ2n) is 6.35. The molecule has 0 radical (unpaired) electrons. The molecule has 138 valence electrons. The zero-order valence-corrected chi connectivity index (χ0v) is 15.1. The third-order valence-corrected chi connectivity index (χ3v) is 4.39. The van der Waals surface area contributed by atoms with Gasteiger partial charge in [-0.3, -0.25) is 4.79 Å². The average Bonchev–Trinajstić information content (AvgIpc) is 3.21. The molecular formula is C23H19N3O2. The molecule has 2 N–H and O–H groups in total. The highest BCUT2D eigenvalue weighted by Gasteiger charge is 2.19. The Morgan fingerprint density at radius 1 is 0.929 bits per heavy atom. The highest BCUT2D eigenvalue weighted by Crippen LogP contribution is 2.25. The van der Waals surface area contributed by atoms with Crippen molar-refractivity contribution in [1.82, 2.24) is 9.78 Å². The van der Waals surface area contributed by atoms with Gasteiger partial charge in [-0.1, -0.05) is 60.7 Å². The van der Waals surface area contributed by atoms with Crippen LogP contribution in [0.25, 0.3) is 16.9 Å². The standard InChI is InChI=1S/C23H19N3O2/c27-16-17-8-7-11-19(14-17)24-23(28)21-15-26(20-12-5-2-6-13-20)25-22(21)18-9-3-1-4-10-18/h1-15,27H,16H2,(H,24,28). The van der Waals surface area contributed by atoms with Gasteiger partial charge in [-0.2, -0.15) is 5.10 Å². The van der Waals surface area contributed by atoms with Gasteiger partial charge in [0, 0.05) is 17.4 Å². The molecule has 0 unspecified atom stereocenters. The number of benzene rings is 3. The summed E-state index contributed by atoms with van der Waals surface area (Å²) in [6.07, 6.45) is 1.74. The van der Waals surface area contributed by atoms with Crippen LogP contribution in [0.15, 0.2) is 91.1 Å². The number of rotatable bonds is 5. The molecular weight excluding hydrogens is 350 g/mol. The smallest absolute Gasteiger partial charge is 0.259 e. The maximum Gasteiger partial charge on any atom is 0.259 e. The number of amides is 1. The Kier molecular flexibility index (Phi) is 4.99. The van der Waals surface area contributed by atoms with Crippen molar-refractivity contribution < 1.29 is 9.90 Å². The molecule has 28 heavy (non-hydrogen) atoms. The zero-order chi connectivity index (χ0) is 19.3. The Hall–Kier alpha value is -3.70. The largest absolute Gasteiger partial charge is 0.392 e. The van der Waals surface area contributed by atoms with Gasteiger partial charge < -0.3 is 10.4 Å². The second-order valence-corrected chi connectivity index (χ2v) is 6.35. The van der Waals surface area contributed by atoms with Gasteiger partial charge in [-0.25, -0.2) is 4.68 Å². The van der Waals surface area contributed by atoms with Gasteiger partial charge in [-0.05, 0) is 29.8 Å². The lowest BCUT2D eigenvalue weighted by Crippen LogP contribution is -2.12. The molecule has 1 aromatic heterocycles. The van der Waals surface area contributed by atoms with Crippen molar-refractivity contribution in [3.63, 3.8) is 0 Å². The molecule has 0 atom stereocenters. The van der Waals surface area contributed by atoms with E-state index >= 15 is 0 Å². The fourth-order valence-electron chi connectivity index (χ4n) is 3.01. The first-order valence-corrected chi connectivity index (χ1v) is 8.96. The number of nitrogens with zero attached hydrogens (tertiary/aromatic N) is 2. The van der Waals surface area contributed by atoms with Crippen molar-refractivity contribution in [3.05, 3.63) is 102 Å². The van der Waals surface area contributed by atoms with Crippen LogP contribution in [-0.4, -0.2) is 20.8 Å². The molecule has 0 saturated heterocycles. The number of para-hydroxylation sites is 1. The fraction of sp³-hybridized carbons (Fsp3) is 0.0435. The van der Waals surface area contributed by atoms with Crippen LogP contribution >= 0.6 is 0 Å². The molecule has 1 heterocycles. The van der Waals surface area contributed by atoms with Crippen molar-refractivity contribution in [3.8, 4) is 16.9 Å². The first-order valence-electron chi connectivity index (χ1n) is 8.96. The molecule has 0 saturated carbocycles. The molecule has 3 aromatic carbocycles. The quantitative estimate of drug-likeness (QED) is 0.552. The van der Waals surface area contributed by atoms with Crippen LogP contribution in [0.1, 0.15) is 15.9 Å². The zero-order valence-electron chi connectivity index (χ0n) is 15.1. The molecule has 4 aromatic rings. The lowest BCUT2D eigenvalue weighted by Gasteiger charge is -2.06. The number of aliphatic hydroxyl groups is 1. The Morgan fingerprint density at radius 2 is 1.64 bits per heavy atom. The predicted molar refractivity (Wildman–Crippen MR) is 109 cm³/mol. The summed E-state index contributed by atoms with van der Waals surface area (Å²) in [5, 5.41) is 16.9. The summed E-state index contributed by atoms with van der Waals surface area (Å²) < 4.78 is 1.71. The van der Waals surface area contributed by atoms with Crippen LogP contribution in [0.5, 0.6) is 0 Å². The van der Waals surface area contributed by atoms with Gasteiger partial charge in [-0.15, -0.1) is 0 Å². The summed E-state index contributed by atoms with van der Waals surface area (Å²) in [5.74, 6) is -0.254. The van der Waals surface area contributed by atoms with E-state index in [0.29, 0.717) is 16.9 Å². The first-order chi connectivity index (χ1) is 13.7. The maximum absolute atomic E-state index is 13.0. The Labute approximate surface area is 162 Å². The highest BCUT2D eigenvalue weighted by molar-refractivity contribution is 6.08. The van der Waals surface area contributed by atoms with Gasteiger partial charge in [0.15, 0.2) is 0 Å². The maximum atomic E-state index is 13.0. The third kappa shape index (κ3) is 3.70. The number of carbonyl (C=O) groups is 1. The van der Waals surface area contributed by atoms with Gasteiger partial charge >= 0.3 is 0 Å². The monoisotopic (exact) mass is 369 g/mol. The Bertz CT molecular complexity index is 1090. The summed E-state index contributed by atoms with van der Waals surface area (Å²) in [4.78, 5) is 13.0. The van der Waals surface area contributed by atoms with Crippen molar-refractivity contribution >= 4 is 11.6 Å². The molecule has 1 amide bonds. The fourth-order valence-corrected chi connectivity index (χ4v) is 3.01. The normalized spacial score (nSPS) is 10.6. The molecule has 0 aliphatic carbocycles. The lowest BCUT2D eigenvalue weighted by atomic mass is 10.1. The van der Waals surface area contributed by atoms with Crippen molar-refractivity contribution in [1.29, 1.82) is 0 Å². The predicted octanol–water partition coefficient (Wildman–Crippen LogP) is 4.28. The summed E-state index contributed by atoms with van der Waals surface area (Å²) >= 11 is 0. The average molecular weight is 369 g/mol. The minimum atomic E-state index is -0.254. The van der Waals surface area contributed by atoms with Crippen LogP contribution in [-0.2, 0) is 6.61 Å². The molecule has 4 rings (SSSR count). The summed E-state index contributed by atoms with van der Waals surface area (Å²) in [6, 6.07) is 26.5. The SMILES string of the molecule is O=C(Nc1cccc(CO)c1)c1cn(-c2ccccc2)nc1-c1ccccc1. The Morgan fingerprint density at radius 3 is 2.36 bits per heavy atom. The summed E-state index contributed by atoms with van der Waals surface area (Å²) in [5.41, 5.74) is 4.20. The molecule has 0 bridgehead atoms. The van der Waals surface area contributed by atoms with Crippen LogP contribution in [0.4, 0.5) is 5.69 Å². The number of hydrogen-bond acceptors (Lipinski definition) is 3. The number of aromatic nitrogens is 2. The van der Waals surface area contributed by atoms with E-state index in [9.17, 15) is 9.90 Å². The lowest BCUT2D eigenvalue weighted by molar-refractivity contribution is 0.102. The van der Waals surface area contributed by atoms with Crippen LogP contribution in [0.3, 0.4) is 0 Å². The van der Waals surface area contributed by atoms with E-state index in [-0.39, 0.29) is 12.5 Å². The van der Waals surface area contributed by atoms with E-state index in [2.05, 4.69) is 10.4 Å². The van der Waals surface area contributed by atoms with Crippen molar-refractivity contribution in [2.45, 2.75) is 6.61 Å². The van der Waals surface area contributed by atoms with Crippen LogP contribution in [0, 0.1) is 0 Å². The van der Waals surface area contributed by atoms with E-state index in [4.69, 9.17) is 0 Å². The molecule has 0 fully saturated rings. The summed E-state index contributed by atoms with van der Waals surface area (Å²) in [7, 11) is 0. The van der Waals surface area contributed by atoms with Gasteiger partial charge in [0.25, 0.3) is 5.91 Å². The molecule has 5 nitrogen and oxygen atoms in total. The van der Waals surface area contributed by atoms with E-state index in [0.717, 1.165) is 16.8 Å². The van der Waals surface area contributed by atoms with E-state index in [1.807, 2.05) is 60.7 Å². The number of anilines is 1. The number of aliphatic hydroxyl groups excluding tert-OH is 1. The van der Waals surface area contributed by atoms with Gasteiger partial charge in [0.2, 0.25) is 0 Å². The topological polar surface area (TPSA) is 67.2 Å². The van der Waals surface area contributed by atoms with Crippen LogP contribution in [0.2, 0.25) is 0 Å². The molecule has 5 heteroatoms. The van der Waals surface area contributed by atoms with Gasteiger partial charge in [0.05, 0.1) is 17.9 Å². The minimum Gasteiger partial charge on any atom is -0.392 e. The van der Waals surface area contributed by atoms with E-state index in [1.54, 1.807) is 35.1 Å². The Balaban J connectivity index is 1.74. The second kappa shape index (κ2) is 7.90. The summed E-state index contributed by atoms with van der Waals surface area (Å²) in [6.45, 7) is -0.0785. The third-order valence-electron chi connectivity index (χ3n) is 4.39. The molecule has 0 aliphatic rings. The molecule has 0 spiro atoms. The first kappa shape index (κ1) is 17.7. The number of carbonyl (C=O) groups excluding carboxylic acids is 1. The van der Waals surface area contributed by atoms with E-state index in [1.165, 1.54) is 0 Å². The minimum absolute atomic E-state index is 0.0785. The van der Waals surface area contributed by atoms with Crippen LogP contribution < -0.4 is 5.32 Å². The van der Waals surface area contributed by atoms with Crippen molar-refractivity contribution in [2.75, 3.05) is 5.32 Å². The number of nitrogens with one attached hydrogen (secondary N) is 1. The number of hydrogen-bond donors (Lipinski definition) is 2. The van der Waals surface area contributed by atoms with Gasteiger partial charge in [0.1, 0.15) is 5.69 Å². The molecule has 0 aliphatic heterocycles. The highest BCUT2D eigenvalue weighted by atomic mass is 16.3. The van der Waals surface area contributed by atoms with E-state index < -0.39 is 0 Å². The van der Waals surface area contributed by atoms with Crippen molar-refractivity contribution in [2.24, 2.45) is 0 Å².